The summed E-state index contributed by atoms with van der Waals surface area (Å²) in [6.07, 6.45) is -4.68. The van der Waals surface area contributed by atoms with Crippen molar-refractivity contribution in [2.24, 2.45) is 0 Å². The van der Waals surface area contributed by atoms with Gasteiger partial charge in [0.1, 0.15) is 11.4 Å². The lowest BCUT2D eigenvalue weighted by Crippen LogP contribution is -2.20. The minimum atomic E-state index is -4.68. The maximum absolute atomic E-state index is 12.9. The van der Waals surface area contributed by atoms with Crippen LogP contribution >= 0.6 is 11.6 Å². The Morgan fingerprint density at radius 1 is 1.13 bits per heavy atom. The fourth-order valence-electron chi connectivity index (χ4n) is 2.21. The normalized spacial score (nSPS) is 11.8. The summed E-state index contributed by atoms with van der Waals surface area (Å²) in [6.45, 7) is 0. The molecule has 0 aliphatic carbocycles. The number of pyridine rings is 2. The average molecular weight is 341 g/mol. The van der Waals surface area contributed by atoms with Gasteiger partial charge in [-0.2, -0.15) is 13.2 Å². The van der Waals surface area contributed by atoms with Crippen LogP contribution in [0.1, 0.15) is 5.69 Å². The van der Waals surface area contributed by atoms with Gasteiger partial charge in [-0.15, -0.1) is 0 Å². The fourth-order valence-corrected chi connectivity index (χ4v) is 2.43. The van der Waals surface area contributed by atoms with Gasteiger partial charge in [0.2, 0.25) is 0 Å². The smallest absolute Gasteiger partial charge is 0.433 e. The number of fused-ring (bicyclic) bond motifs is 1. The molecule has 4 nitrogen and oxygen atoms in total. The lowest BCUT2D eigenvalue weighted by Gasteiger charge is -2.13. The molecule has 23 heavy (non-hydrogen) atoms. The van der Waals surface area contributed by atoms with E-state index in [4.69, 9.17) is 11.6 Å². The van der Waals surface area contributed by atoms with Crippen LogP contribution < -0.4 is 5.56 Å². The highest BCUT2D eigenvalue weighted by Crippen LogP contribution is 2.32. The van der Waals surface area contributed by atoms with Gasteiger partial charge in [0.25, 0.3) is 5.56 Å². The second kappa shape index (κ2) is 5.27. The van der Waals surface area contributed by atoms with E-state index in [2.05, 4.69) is 4.98 Å². The topological polar surface area (TPSA) is 55.1 Å². The Bertz CT molecular complexity index is 967. The van der Waals surface area contributed by atoms with Gasteiger partial charge in [0.15, 0.2) is 5.65 Å². The number of benzene rings is 1. The zero-order valence-corrected chi connectivity index (χ0v) is 12.1. The van der Waals surface area contributed by atoms with E-state index in [1.165, 1.54) is 12.1 Å². The number of para-hydroxylation sites is 1. The molecule has 0 radical (unpaired) electrons. The number of aromatic nitrogens is 2. The molecular formula is C15H8ClF3N2O2. The minimum absolute atomic E-state index is 0.0116. The molecule has 2 heterocycles. The van der Waals surface area contributed by atoms with E-state index in [-0.39, 0.29) is 21.7 Å². The van der Waals surface area contributed by atoms with E-state index >= 15 is 0 Å². The molecule has 0 atom stereocenters. The highest BCUT2D eigenvalue weighted by molar-refractivity contribution is 6.32. The summed E-state index contributed by atoms with van der Waals surface area (Å²) in [4.78, 5) is 15.7. The molecule has 1 N–H and O–H groups in total. The molecule has 0 saturated carbocycles. The zero-order valence-electron chi connectivity index (χ0n) is 11.3. The molecule has 0 amide bonds. The summed E-state index contributed by atoms with van der Waals surface area (Å²) in [6, 6.07) is 8.88. The SMILES string of the molecule is O=c1cc(O)c2ccc(C(F)(F)F)nc2n1-c1ccccc1Cl. The standard InChI is InChI=1S/C15H8ClF3N2O2/c16-9-3-1-2-4-10(9)21-13(23)7-11(22)8-5-6-12(15(17,18)19)20-14(8)21/h1-7,22H. The van der Waals surface area contributed by atoms with Crippen molar-refractivity contribution in [2.45, 2.75) is 6.18 Å². The first kappa shape index (κ1) is 15.4. The lowest BCUT2D eigenvalue weighted by molar-refractivity contribution is -0.141. The summed E-state index contributed by atoms with van der Waals surface area (Å²) in [5, 5.41) is 10.00. The number of hydrogen-bond acceptors (Lipinski definition) is 3. The van der Waals surface area contributed by atoms with E-state index in [0.717, 1.165) is 22.8 Å². The van der Waals surface area contributed by atoms with E-state index < -0.39 is 23.2 Å². The molecule has 118 valence electrons. The van der Waals surface area contributed by atoms with Gasteiger partial charge in [-0.25, -0.2) is 4.98 Å². The van der Waals surface area contributed by atoms with E-state index in [9.17, 15) is 23.1 Å². The van der Waals surface area contributed by atoms with Crippen LogP contribution in [-0.4, -0.2) is 14.7 Å². The lowest BCUT2D eigenvalue weighted by atomic mass is 10.2. The van der Waals surface area contributed by atoms with E-state index in [1.807, 2.05) is 0 Å². The number of rotatable bonds is 1. The van der Waals surface area contributed by atoms with Crippen LogP contribution in [0.5, 0.6) is 5.75 Å². The number of halogens is 4. The van der Waals surface area contributed by atoms with Gasteiger partial charge >= 0.3 is 6.18 Å². The number of alkyl halides is 3. The summed E-state index contributed by atoms with van der Waals surface area (Å²) in [5.74, 6) is -0.450. The predicted octanol–water partition coefficient (Wildman–Crippen LogP) is 3.76. The van der Waals surface area contributed by atoms with Crippen LogP contribution in [0, 0.1) is 0 Å². The van der Waals surface area contributed by atoms with Gasteiger partial charge in [0, 0.05) is 6.07 Å². The maximum Gasteiger partial charge on any atom is 0.433 e. The van der Waals surface area contributed by atoms with Crippen LogP contribution in [0.3, 0.4) is 0 Å². The van der Waals surface area contributed by atoms with Gasteiger partial charge in [0.05, 0.1) is 16.1 Å². The minimum Gasteiger partial charge on any atom is -0.507 e. The van der Waals surface area contributed by atoms with Crippen molar-refractivity contribution in [2.75, 3.05) is 0 Å². The van der Waals surface area contributed by atoms with Crippen molar-refractivity contribution in [3.63, 3.8) is 0 Å². The van der Waals surface area contributed by atoms with Crippen LogP contribution in [0.4, 0.5) is 13.2 Å². The summed E-state index contributed by atoms with van der Waals surface area (Å²) < 4.78 is 39.6. The fraction of sp³-hybridized carbons (Fsp3) is 0.0667. The highest BCUT2D eigenvalue weighted by atomic mass is 35.5. The van der Waals surface area contributed by atoms with E-state index in [0.29, 0.717) is 0 Å². The third-order valence-electron chi connectivity index (χ3n) is 3.23. The maximum atomic E-state index is 12.9. The number of hydrogen-bond donors (Lipinski definition) is 1. The Hall–Kier alpha value is -2.54. The molecule has 0 saturated heterocycles. The van der Waals surface area contributed by atoms with Crippen molar-refractivity contribution in [1.82, 2.24) is 9.55 Å². The van der Waals surface area contributed by atoms with Crippen molar-refractivity contribution >= 4 is 22.6 Å². The van der Waals surface area contributed by atoms with Crippen LogP contribution in [-0.2, 0) is 6.18 Å². The summed E-state index contributed by atoms with van der Waals surface area (Å²) >= 11 is 6.03. The van der Waals surface area contributed by atoms with Gasteiger partial charge < -0.3 is 5.11 Å². The Labute approximate surface area is 132 Å². The van der Waals surface area contributed by atoms with Gasteiger partial charge in [-0.1, -0.05) is 23.7 Å². The molecule has 3 aromatic rings. The van der Waals surface area contributed by atoms with Crippen molar-refractivity contribution in [3.8, 4) is 11.4 Å². The molecule has 0 unspecified atom stereocenters. The molecule has 0 spiro atoms. The number of nitrogens with zero attached hydrogens (tertiary/aromatic N) is 2. The zero-order chi connectivity index (χ0) is 16.8. The first-order chi connectivity index (χ1) is 10.8. The molecule has 0 aliphatic rings. The molecule has 2 aromatic heterocycles. The van der Waals surface area contributed by atoms with Crippen molar-refractivity contribution < 1.29 is 18.3 Å². The van der Waals surface area contributed by atoms with Crippen molar-refractivity contribution in [3.05, 3.63) is 63.5 Å². The Morgan fingerprint density at radius 3 is 2.48 bits per heavy atom. The first-order valence-electron chi connectivity index (χ1n) is 6.37. The van der Waals surface area contributed by atoms with Gasteiger partial charge in [-0.05, 0) is 24.3 Å². The predicted molar refractivity (Wildman–Crippen MR) is 79.0 cm³/mol. The molecule has 3 rings (SSSR count). The average Bonchev–Trinajstić information content (AvgIpc) is 2.47. The molecular weight excluding hydrogens is 333 g/mol. The molecule has 8 heteroatoms. The highest BCUT2D eigenvalue weighted by Gasteiger charge is 2.33. The Kier molecular flexibility index (Phi) is 3.52. The van der Waals surface area contributed by atoms with E-state index in [1.54, 1.807) is 12.1 Å². The third kappa shape index (κ3) is 2.63. The Morgan fingerprint density at radius 2 is 1.83 bits per heavy atom. The van der Waals surface area contributed by atoms with Crippen molar-refractivity contribution in [1.29, 1.82) is 0 Å². The second-order valence-electron chi connectivity index (χ2n) is 4.72. The Balaban J connectivity index is 2.46. The monoisotopic (exact) mass is 340 g/mol. The van der Waals surface area contributed by atoms with Gasteiger partial charge in [-0.3, -0.25) is 9.36 Å². The van der Waals surface area contributed by atoms with Crippen LogP contribution in [0.25, 0.3) is 16.7 Å². The second-order valence-corrected chi connectivity index (χ2v) is 5.13. The largest absolute Gasteiger partial charge is 0.507 e. The third-order valence-corrected chi connectivity index (χ3v) is 3.55. The molecule has 0 fully saturated rings. The molecule has 0 aliphatic heterocycles. The summed E-state index contributed by atoms with van der Waals surface area (Å²) in [7, 11) is 0. The van der Waals surface area contributed by atoms with Crippen LogP contribution in [0.15, 0.2) is 47.3 Å². The van der Waals surface area contributed by atoms with Crippen LogP contribution in [0.2, 0.25) is 5.02 Å². The molecule has 1 aromatic carbocycles. The quantitative estimate of drug-likeness (QED) is 0.733. The summed E-state index contributed by atoms with van der Waals surface area (Å²) in [5.41, 5.74) is -2.06. The molecule has 0 bridgehead atoms. The first-order valence-corrected chi connectivity index (χ1v) is 6.75. The number of aromatic hydroxyl groups is 1.